The average Bonchev–Trinajstić information content (AvgIpc) is 3.67. The molecule has 1 saturated heterocycles. The van der Waals surface area contributed by atoms with Crippen LogP contribution in [0.25, 0.3) is 22.2 Å². The third-order valence-corrected chi connectivity index (χ3v) is 11.1. The number of hydrogen-bond donors (Lipinski definition) is 5. The molecule has 6 rings (SSSR count). The van der Waals surface area contributed by atoms with Gasteiger partial charge in [-0.05, 0) is 61.1 Å². The number of amides is 4. The molecular weight excluding hydrogens is 714 g/mol. The smallest absolute Gasteiger partial charge is 0.330 e. The number of hydrogen-bond acceptors (Lipinski definition) is 7. The number of benzene rings is 2. The van der Waals surface area contributed by atoms with E-state index in [9.17, 15) is 33.9 Å². The van der Waals surface area contributed by atoms with Crippen LogP contribution in [0.1, 0.15) is 79.1 Å². The van der Waals surface area contributed by atoms with E-state index in [-0.39, 0.29) is 35.5 Å². The Morgan fingerprint density at radius 3 is 2.27 bits per heavy atom. The van der Waals surface area contributed by atoms with Gasteiger partial charge in [-0.15, -0.1) is 6.58 Å². The number of likely N-dealkylation sites (tertiary alicyclic amines) is 1. The summed E-state index contributed by atoms with van der Waals surface area (Å²) in [7, 11) is 1.61. The van der Waals surface area contributed by atoms with E-state index < -0.39 is 46.9 Å². The number of H-pyrrole nitrogens is 1. The fourth-order valence-corrected chi connectivity index (χ4v) is 7.88. The van der Waals surface area contributed by atoms with E-state index in [1.807, 2.05) is 57.2 Å². The van der Waals surface area contributed by atoms with Gasteiger partial charge in [0.25, 0.3) is 0 Å². The molecule has 2 aliphatic carbocycles. The van der Waals surface area contributed by atoms with Gasteiger partial charge in [0.15, 0.2) is 5.43 Å². The van der Waals surface area contributed by atoms with Crippen LogP contribution in [0.3, 0.4) is 0 Å². The van der Waals surface area contributed by atoms with Crippen LogP contribution in [-0.4, -0.2) is 81.9 Å². The number of nitrogens with zero attached hydrogens (tertiary/aromatic N) is 1. The van der Waals surface area contributed by atoms with Gasteiger partial charge in [-0.25, -0.2) is 4.79 Å². The first-order valence-electron chi connectivity index (χ1n) is 19.4. The summed E-state index contributed by atoms with van der Waals surface area (Å²) in [6.07, 6.45) is 7.54. The Balaban J connectivity index is 0.000000262. The van der Waals surface area contributed by atoms with Crippen molar-refractivity contribution in [2.75, 3.05) is 13.7 Å². The average molecular weight is 770 g/mol. The number of nitrogens with one attached hydrogen (secondary N) is 4. The number of carboxylic acid groups (broad SMARTS) is 1. The molecule has 0 bridgehead atoms. The molecule has 300 valence electrons. The third kappa shape index (κ3) is 9.49. The fourth-order valence-electron chi connectivity index (χ4n) is 7.88. The number of carbonyl (C=O) groups excluding carboxylic acids is 4. The molecule has 13 nitrogen and oxygen atoms in total. The summed E-state index contributed by atoms with van der Waals surface area (Å²) in [6, 6.07) is 14.3. The van der Waals surface area contributed by atoms with Crippen LogP contribution in [0.2, 0.25) is 0 Å². The number of aromatic nitrogens is 1. The highest BCUT2D eigenvalue weighted by molar-refractivity contribution is 5.97. The molecule has 5 atom stereocenters. The molecule has 56 heavy (non-hydrogen) atoms. The van der Waals surface area contributed by atoms with Crippen LogP contribution < -0.4 is 26.1 Å². The summed E-state index contributed by atoms with van der Waals surface area (Å²) in [6.45, 7) is 10.9. The van der Waals surface area contributed by atoms with Crippen molar-refractivity contribution in [3.63, 3.8) is 0 Å². The Morgan fingerprint density at radius 1 is 0.982 bits per heavy atom. The van der Waals surface area contributed by atoms with Crippen molar-refractivity contribution in [1.29, 1.82) is 0 Å². The van der Waals surface area contributed by atoms with Crippen molar-refractivity contribution >= 4 is 40.5 Å². The molecule has 2 heterocycles. The lowest BCUT2D eigenvalue weighted by Crippen LogP contribution is -2.61. The molecule has 3 aliphatic rings. The van der Waals surface area contributed by atoms with Crippen LogP contribution in [0, 0.1) is 17.3 Å². The lowest BCUT2D eigenvalue weighted by atomic mass is 9.82. The van der Waals surface area contributed by atoms with Gasteiger partial charge in [0.1, 0.15) is 29.4 Å². The first-order chi connectivity index (χ1) is 26.6. The van der Waals surface area contributed by atoms with Gasteiger partial charge in [-0.3, -0.25) is 24.0 Å². The number of aliphatic carboxylic acids is 1. The van der Waals surface area contributed by atoms with Crippen LogP contribution in [0.15, 0.2) is 72.0 Å². The van der Waals surface area contributed by atoms with Crippen molar-refractivity contribution in [2.45, 2.75) is 103 Å². The van der Waals surface area contributed by atoms with E-state index in [4.69, 9.17) is 4.74 Å². The minimum Gasteiger partial charge on any atom is -0.497 e. The van der Waals surface area contributed by atoms with Crippen LogP contribution >= 0.6 is 0 Å². The second-order valence-electron chi connectivity index (χ2n) is 16.2. The molecule has 4 amide bonds. The van der Waals surface area contributed by atoms with E-state index in [2.05, 4.69) is 27.5 Å². The van der Waals surface area contributed by atoms with Crippen LogP contribution in [0.4, 0.5) is 0 Å². The van der Waals surface area contributed by atoms with Gasteiger partial charge < -0.3 is 35.7 Å². The minimum atomic E-state index is -1.38. The summed E-state index contributed by atoms with van der Waals surface area (Å²) in [5, 5.41) is 18.7. The number of aromatic amines is 1. The lowest BCUT2D eigenvalue weighted by Gasteiger charge is -2.37. The monoisotopic (exact) mass is 769 g/mol. The number of carbonyl (C=O) groups is 5. The molecular formula is C43H55N5O8. The first-order valence-corrected chi connectivity index (χ1v) is 19.4. The van der Waals surface area contributed by atoms with E-state index in [0.717, 1.165) is 54.6 Å². The molecule has 1 aromatic heterocycles. The zero-order valence-electron chi connectivity index (χ0n) is 33.0. The summed E-state index contributed by atoms with van der Waals surface area (Å²) in [4.78, 5) is 81.0. The number of methoxy groups -OCH3 is 1. The summed E-state index contributed by atoms with van der Waals surface area (Å²) < 4.78 is 5.19. The van der Waals surface area contributed by atoms with Gasteiger partial charge in [0, 0.05) is 42.6 Å². The topological polar surface area (TPSA) is 187 Å². The summed E-state index contributed by atoms with van der Waals surface area (Å²) in [5.41, 5.74) is 0.548. The quantitative estimate of drug-likeness (QED) is 0.170. The number of ether oxygens (including phenoxy) is 1. The molecule has 0 radical (unpaired) electrons. The largest absolute Gasteiger partial charge is 0.497 e. The fraction of sp³-hybridized carbons (Fsp3) is 0.488. The molecule has 4 unspecified atom stereocenters. The molecule has 13 heteroatoms. The Morgan fingerprint density at radius 2 is 1.68 bits per heavy atom. The number of fused-ring (bicyclic) bond motifs is 1. The van der Waals surface area contributed by atoms with Crippen LogP contribution in [0.5, 0.6) is 5.75 Å². The predicted octanol–water partition coefficient (Wildman–Crippen LogP) is 4.94. The molecule has 5 N–H and O–H groups in total. The SMILES string of the molecule is C=CC1C[C@]1(NC(=O)C1CCCN1C(=O)C(NC(=O)C(NC(C)=O)C1CCCCC1)C(C)(C)C)C(=O)O.COc1ccc2c(=O)cc(-c3ccccc3)[nH]c2c1. The Hall–Kier alpha value is -5.46. The third-order valence-electron chi connectivity index (χ3n) is 11.1. The maximum absolute atomic E-state index is 13.8. The zero-order valence-corrected chi connectivity index (χ0v) is 33.0. The van der Waals surface area contributed by atoms with Gasteiger partial charge >= 0.3 is 5.97 Å². The standard InChI is InChI=1S/C27H42N4O6.C16H13NO2/c1-6-18-15-27(18,25(36)37)30-22(33)19-13-10-14-31(19)24(35)21(26(3,4)5)29-23(34)20(28-16(2)32)17-11-8-7-9-12-17;1-19-12-7-8-13-15(9-12)17-14(10-16(13)18)11-5-3-2-4-6-11/h6,17-21H,1,7-15H2,2-5H3,(H,28,32)(H,29,34)(H,30,33)(H,36,37);2-10H,1H3,(H,17,18)/t18?,19?,20?,21?,27-;/m1./s1. The molecule has 3 fully saturated rings. The Bertz CT molecular complexity index is 2000. The summed E-state index contributed by atoms with van der Waals surface area (Å²) >= 11 is 0. The minimum absolute atomic E-state index is 0.00207. The van der Waals surface area contributed by atoms with E-state index in [1.54, 1.807) is 25.3 Å². The van der Waals surface area contributed by atoms with Gasteiger partial charge in [-0.1, -0.05) is 76.4 Å². The molecule has 0 spiro atoms. The number of carboxylic acids is 1. The number of rotatable bonds is 11. The normalized spacial score (nSPS) is 21.8. The first kappa shape index (κ1) is 41.7. The second kappa shape index (κ2) is 17.6. The van der Waals surface area contributed by atoms with E-state index >= 15 is 0 Å². The lowest BCUT2D eigenvalue weighted by molar-refractivity contribution is -0.147. The van der Waals surface area contributed by atoms with Gasteiger partial charge in [0.05, 0.1) is 12.6 Å². The van der Waals surface area contributed by atoms with Crippen molar-refractivity contribution < 1.29 is 33.8 Å². The zero-order chi connectivity index (χ0) is 40.8. The Labute approximate surface area is 327 Å². The highest BCUT2D eigenvalue weighted by Crippen LogP contribution is 2.45. The molecule has 3 aromatic rings. The van der Waals surface area contributed by atoms with Crippen molar-refractivity contribution in [1.82, 2.24) is 25.8 Å². The van der Waals surface area contributed by atoms with Gasteiger partial charge in [0.2, 0.25) is 23.6 Å². The summed E-state index contributed by atoms with van der Waals surface area (Å²) in [5.74, 6) is -2.33. The van der Waals surface area contributed by atoms with Crippen molar-refractivity contribution in [3.8, 4) is 17.0 Å². The predicted molar refractivity (Wildman–Crippen MR) is 214 cm³/mol. The maximum atomic E-state index is 13.8. The highest BCUT2D eigenvalue weighted by Gasteiger charge is 2.61. The van der Waals surface area contributed by atoms with Crippen LogP contribution in [-0.2, 0) is 24.0 Å². The van der Waals surface area contributed by atoms with Crippen molar-refractivity contribution in [2.24, 2.45) is 17.3 Å². The Kier molecular flexibility index (Phi) is 13.1. The van der Waals surface area contributed by atoms with E-state index in [1.165, 1.54) is 17.9 Å². The maximum Gasteiger partial charge on any atom is 0.330 e. The molecule has 1 aliphatic heterocycles. The highest BCUT2D eigenvalue weighted by atomic mass is 16.5. The van der Waals surface area contributed by atoms with Crippen molar-refractivity contribution in [3.05, 3.63) is 77.5 Å². The van der Waals surface area contributed by atoms with E-state index in [0.29, 0.717) is 24.8 Å². The molecule has 2 aromatic carbocycles. The molecule has 2 saturated carbocycles. The number of pyridine rings is 1. The van der Waals surface area contributed by atoms with Gasteiger partial charge in [-0.2, -0.15) is 0 Å². The second-order valence-corrected chi connectivity index (χ2v) is 16.2.